The van der Waals surface area contributed by atoms with E-state index in [1.807, 2.05) is 13.8 Å². The molecule has 6 nitrogen and oxygen atoms in total. The Morgan fingerprint density at radius 3 is 0.636 bits per heavy atom. The van der Waals surface area contributed by atoms with Crippen LogP contribution in [0.2, 0.25) is 0 Å². The Bertz CT molecular complexity index is 739. The van der Waals surface area contributed by atoms with Crippen molar-refractivity contribution < 1.29 is 28.6 Å². The molecule has 0 saturated carbocycles. The monoisotopic (exact) mass is 783 g/mol. The van der Waals surface area contributed by atoms with Crippen LogP contribution in [0.1, 0.15) is 279 Å². The van der Waals surface area contributed by atoms with Crippen molar-refractivity contribution in [3.63, 3.8) is 0 Å². The zero-order chi connectivity index (χ0) is 41.1. The van der Waals surface area contributed by atoms with Crippen molar-refractivity contribution in [3.05, 3.63) is 0 Å². The lowest BCUT2D eigenvalue weighted by atomic mass is 10.0. The number of hydrogen-bond donors (Lipinski definition) is 0. The molecule has 0 atom stereocenters. The summed E-state index contributed by atoms with van der Waals surface area (Å²) in [6.45, 7) is 11.5. The fourth-order valence-electron chi connectivity index (χ4n) is 6.72. The Morgan fingerprint density at radius 2 is 0.455 bits per heavy atom. The van der Waals surface area contributed by atoms with Crippen molar-refractivity contribution in [1.82, 2.24) is 0 Å². The van der Waals surface area contributed by atoms with Crippen LogP contribution in [0.3, 0.4) is 0 Å². The first-order chi connectivity index (χ1) is 26.9. The number of unbranched alkanes of at least 4 members (excludes halogenated alkanes) is 32. The van der Waals surface area contributed by atoms with Crippen molar-refractivity contribution in [2.75, 3.05) is 20.3 Å². The first-order valence-electron chi connectivity index (χ1n) is 24.3. The molecule has 0 aliphatic heterocycles. The van der Waals surface area contributed by atoms with Gasteiger partial charge in [-0.1, -0.05) is 226 Å². The first kappa shape index (κ1) is 57.7. The minimum absolute atomic E-state index is 0.0304. The van der Waals surface area contributed by atoms with Crippen LogP contribution < -0.4 is 0 Å². The lowest BCUT2D eigenvalue weighted by Crippen LogP contribution is -2.03. The van der Waals surface area contributed by atoms with Gasteiger partial charge in [-0.25, -0.2) is 0 Å². The van der Waals surface area contributed by atoms with Crippen molar-refractivity contribution >= 4 is 17.9 Å². The zero-order valence-electron chi connectivity index (χ0n) is 38.2. The summed E-state index contributed by atoms with van der Waals surface area (Å²) in [6.07, 6.45) is 48.2. The second-order valence-corrected chi connectivity index (χ2v) is 15.7. The van der Waals surface area contributed by atoms with Gasteiger partial charge >= 0.3 is 17.9 Å². The number of carbonyl (C=O) groups is 3. The van der Waals surface area contributed by atoms with E-state index >= 15 is 0 Å². The van der Waals surface area contributed by atoms with Crippen LogP contribution >= 0.6 is 0 Å². The van der Waals surface area contributed by atoms with Gasteiger partial charge in [-0.3, -0.25) is 14.4 Å². The van der Waals surface area contributed by atoms with Crippen LogP contribution in [-0.2, 0) is 28.6 Å². The fourth-order valence-corrected chi connectivity index (χ4v) is 6.72. The van der Waals surface area contributed by atoms with E-state index in [0.717, 1.165) is 19.3 Å². The fraction of sp³-hybridized carbons (Fsp3) is 0.939. The molecule has 0 radical (unpaired) electrons. The standard InChI is InChI=1S/C20H40O2.C16H32O2.C13H26O2/c1-3-5-6-7-8-9-10-11-12-13-14-15-16-17-18-19-20(21)22-4-2;1-3-5-6-7-8-9-10-11-12-13-14-15-16(17)18-4-2;1-3-4-5-6-7-8-9-10-11-12-13(14)15-2/h3-19H2,1-2H3;3-15H2,1-2H3;3-12H2,1-2H3. The second kappa shape index (κ2) is 54.5. The summed E-state index contributed by atoms with van der Waals surface area (Å²) in [4.78, 5) is 33.0. The van der Waals surface area contributed by atoms with Crippen molar-refractivity contribution in [2.24, 2.45) is 0 Å². The summed E-state index contributed by atoms with van der Waals surface area (Å²) in [5, 5.41) is 0. The van der Waals surface area contributed by atoms with Gasteiger partial charge in [0, 0.05) is 19.3 Å². The predicted octanol–water partition coefficient (Wildman–Crippen LogP) is 16.1. The number of rotatable bonds is 40. The van der Waals surface area contributed by atoms with Crippen molar-refractivity contribution in [1.29, 1.82) is 0 Å². The van der Waals surface area contributed by atoms with E-state index in [0.29, 0.717) is 32.5 Å². The van der Waals surface area contributed by atoms with E-state index in [4.69, 9.17) is 9.47 Å². The maximum atomic E-state index is 11.2. The van der Waals surface area contributed by atoms with Gasteiger partial charge in [0.25, 0.3) is 0 Å². The molecule has 0 aliphatic carbocycles. The Labute approximate surface area is 344 Å². The lowest BCUT2D eigenvalue weighted by molar-refractivity contribution is -0.144. The van der Waals surface area contributed by atoms with Gasteiger partial charge in [-0.15, -0.1) is 0 Å². The van der Waals surface area contributed by atoms with E-state index < -0.39 is 0 Å². The normalized spacial score (nSPS) is 10.6. The molecule has 0 aromatic heterocycles. The Morgan fingerprint density at radius 1 is 0.273 bits per heavy atom. The van der Waals surface area contributed by atoms with E-state index in [2.05, 4.69) is 25.5 Å². The highest BCUT2D eigenvalue weighted by molar-refractivity contribution is 5.69. The third-order valence-corrected chi connectivity index (χ3v) is 10.3. The molecule has 0 saturated heterocycles. The maximum absolute atomic E-state index is 11.2. The zero-order valence-corrected chi connectivity index (χ0v) is 38.2. The molecule has 0 aromatic rings. The smallest absolute Gasteiger partial charge is 0.305 e. The average molecular weight is 783 g/mol. The summed E-state index contributed by atoms with van der Waals surface area (Å²) in [6, 6.07) is 0. The molecule has 0 bridgehead atoms. The Hall–Kier alpha value is -1.59. The Balaban J connectivity index is -0.000000752. The summed E-state index contributed by atoms with van der Waals surface area (Å²) in [5.41, 5.74) is 0. The Kier molecular flexibility index (Phi) is 57.2. The van der Waals surface area contributed by atoms with E-state index in [1.165, 1.54) is 213 Å². The van der Waals surface area contributed by atoms with Crippen LogP contribution in [-0.4, -0.2) is 38.2 Å². The van der Waals surface area contributed by atoms with Gasteiger partial charge in [0.15, 0.2) is 0 Å². The predicted molar refractivity (Wildman–Crippen MR) is 238 cm³/mol. The molecule has 0 fully saturated rings. The minimum Gasteiger partial charge on any atom is -0.469 e. The molecule has 0 N–H and O–H groups in total. The van der Waals surface area contributed by atoms with Crippen LogP contribution in [0.25, 0.3) is 0 Å². The van der Waals surface area contributed by atoms with Gasteiger partial charge in [0.2, 0.25) is 0 Å². The molecule has 6 heteroatoms. The van der Waals surface area contributed by atoms with Crippen molar-refractivity contribution in [2.45, 2.75) is 279 Å². The van der Waals surface area contributed by atoms with Crippen LogP contribution in [0.15, 0.2) is 0 Å². The molecule has 0 rings (SSSR count). The quantitative estimate of drug-likeness (QED) is 0.0350. The highest BCUT2D eigenvalue weighted by atomic mass is 16.5. The lowest BCUT2D eigenvalue weighted by Gasteiger charge is -2.03. The molecule has 0 spiro atoms. The maximum Gasteiger partial charge on any atom is 0.305 e. The van der Waals surface area contributed by atoms with E-state index in [-0.39, 0.29) is 17.9 Å². The number of ether oxygens (including phenoxy) is 3. The molecular formula is C49H98O6. The van der Waals surface area contributed by atoms with Gasteiger partial charge in [-0.2, -0.15) is 0 Å². The molecule has 0 amide bonds. The third-order valence-electron chi connectivity index (χ3n) is 10.3. The van der Waals surface area contributed by atoms with E-state index in [9.17, 15) is 14.4 Å². The molecule has 0 heterocycles. The van der Waals surface area contributed by atoms with Crippen LogP contribution in [0.5, 0.6) is 0 Å². The van der Waals surface area contributed by atoms with Gasteiger partial charge in [0.1, 0.15) is 0 Å². The highest BCUT2D eigenvalue weighted by Gasteiger charge is 2.02. The van der Waals surface area contributed by atoms with E-state index in [1.54, 1.807) is 0 Å². The molecule has 0 unspecified atom stereocenters. The number of methoxy groups -OCH3 is 1. The van der Waals surface area contributed by atoms with Gasteiger partial charge < -0.3 is 14.2 Å². The topological polar surface area (TPSA) is 78.9 Å². The number of esters is 3. The second-order valence-electron chi connectivity index (χ2n) is 15.7. The minimum atomic E-state index is -0.0713. The molecular weight excluding hydrogens is 685 g/mol. The number of carbonyl (C=O) groups excluding carboxylic acids is 3. The highest BCUT2D eigenvalue weighted by Crippen LogP contribution is 2.15. The largest absolute Gasteiger partial charge is 0.469 e. The average Bonchev–Trinajstić information content (AvgIpc) is 3.18. The molecule has 55 heavy (non-hydrogen) atoms. The summed E-state index contributed by atoms with van der Waals surface area (Å²) >= 11 is 0. The van der Waals surface area contributed by atoms with Crippen molar-refractivity contribution in [3.8, 4) is 0 Å². The van der Waals surface area contributed by atoms with Gasteiger partial charge in [-0.05, 0) is 33.1 Å². The third kappa shape index (κ3) is 59.3. The molecule has 0 aliphatic rings. The van der Waals surface area contributed by atoms with Crippen LogP contribution in [0.4, 0.5) is 0 Å². The SMILES string of the molecule is CCCCCCCCCCCC(=O)OC.CCCCCCCCCCCCCC(=O)OCC.CCCCCCCCCCCCCCCCCC(=O)OCC. The number of hydrogen-bond acceptors (Lipinski definition) is 6. The summed E-state index contributed by atoms with van der Waals surface area (Å²) in [7, 11) is 1.45. The molecule has 0 aromatic carbocycles. The summed E-state index contributed by atoms with van der Waals surface area (Å²) < 4.78 is 14.4. The van der Waals surface area contributed by atoms with Crippen LogP contribution in [0, 0.1) is 0 Å². The first-order valence-corrected chi connectivity index (χ1v) is 24.3. The molecule has 330 valence electrons. The summed E-state index contributed by atoms with van der Waals surface area (Å²) in [5.74, 6) is -0.136. The van der Waals surface area contributed by atoms with Gasteiger partial charge in [0.05, 0.1) is 20.3 Å².